The van der Waals surface area contributed by atoms with Crippen molar-refractivity contribution in [2.24, 2.45) is 0 Å². The van der Waals surface area contributed by atoms with Crippen molar-refractivity contribution in [2.75, 3.05) is 5.73 Å². The molecule has 2 nitrogen and oxygen atoms in total. The molecule has 1 aromatic heterocycles. The van der Waals surface area contributed by atoms with Gasteiger partial charge in [0.2, 0.25) is 0 Å². The van der Waals surface area contributed by atoms with Crippen molar-refractivity contribution >= 4 is 29.4 Å². The van der Waals surface area contributed by atoms with E-state index < -0.39 is 0 Å². The molecule has 0 radical (unpaired) electrons. The zero-order chi connectivity index (χ0) is 11.8. The smallest absolute Gasteiger partial charge is 0.0485 e. The van der Waals surface area contributed by atoms with Crippen molar-refractivity contribution in [3.8, 4) is 11.3 Å². The van der Waals surface area contributed by atoms with Crippen molar-refractivity contribution in [1.29, 1.82) is 0 Å². The summed E-state index contributed by atoms with van der Waals surface area (Å²) in [5.41, 5.74) is 8.72. The number of benzene rings is 1. The van der Waals surface area contributed by atoms with Crippen LogP contribution >= 0.6 is 11.6 Å². The third-order valence-electron chi connectivity index (χ3n) is 3.07. The number of rotatable bonds is 1. The van der Waals surface area contributed by atoms with Crippen molar-refractivity contribution in [3.05, 3.63) is 39.9 Å². The molecule has 0 saturated heterocycles. The van der Waals surface area contributed by atoms with Crippen LogP contribution in [0.25, 0.3) is 23.4 Å². The lowest BCUT2D eigenvalue weighted by Gasteiger charge is -2.03. The average Bonchev–Trinajstić information content (AvgIpc) is 2.75. The Hall–Kier alpha value is -1.67. The van der Waals surface area contributed by atoms with Crippen molar-refractivity contribution in [1.82, 2.24) is 4.98 Å². The summed E-state index contributed by atoms with van der Waals surface area (Å²) in [7, 11) is 0. The molecule has 1 heterocycles. The van der Waals surface area contributed by atoms with Crippen molar-refractivity contribution in [2.45, 2.75) is 12.8 Å². The number of nitrogens with one attached hydrogen (secondary N) is 1. The first-order valence-corrected chi connectivity index (χ1v) is 6.06. The van der Waals surface area contributed by atoms with E-state index >= 15 is 0 Å². The topological polar surface area (TPSA) is 41.8 Å². The highest BCUT2D eigenvalue weighted by atomic mass is 35.5. The molecule has 0 unspecified atom stereocenters. The second kappa shape index (κ2) is 3.97. The number of nitrogens with two attached hydrogens (primary N) is 1. The lowest BCUT2D eigenvalue weighted by molar-refractivity contribution is 1.10. The van der Waals surface area contributed by atoms with Crippen molar-refractivity contribution < 1.29 is 0 Å². The number of H-pyrrole nitrogens is 1. The Labute approximate surface area is 104 Å². The molecule has 3 rings (SSSR count). The Kier molecular flexibility index (Phi) is 2.45. The highest BCUT2D eigenvalue weighted by Gasteiger charge is 2.06. The second-order valence-electron chi connectivity index (χ2n) is 4.27. The number of hydrogen-bond acceptors (Lipinski definition) is 1. The van der Waals surface area contributed by atoms with Crippen LogP contribution < -0.4 is 16.3 Å². The van der Waals surface area contributed by atoms with E-state index in [1.54, 1.807) is 0 Å². The molecule has 0 amide bonds. The Morgan fingerprint density at radius 1 is 1.12 bits per heavy atom. The molecular formula is C14H13ClN2. The molecule has 0 bridgehead atoms. The number of aromatic amines is 1. The summed E-state index contributed by atoms with van der Waals surface area (Å²) in [6, 6.07) is 7.67. The molecule has 2 aromatic rings. The molecule has 1 aliphatic carbocycles. The summed E-state index contributed by atoms with van der Waals surface area (Å²) in [6.45, 7) is 0. The number of hydrogen-bond donors (Lipinski definition) is 2. The summed E-state index contributed by atoms with van der Waals surface area (Å²) in [5, 5.41) is 3.14. The average molecular weight is 245 g/mol. The Balaban J connectivity index is 2.23. The van der Waals surface area contributed by atoms with E-state index in [1.807, 2.05) is 18.2 Å². The highest BCUT2D eigenvalue weighted by molar-refractivity contribution is 6.31. The summed E-state index contributed by atoms with van der Waals surface area (Å²) in [4.78, 5) is 3.39. The Bertz CT molecular complexity index is 649. The van der Waals surface area contributed by atoms with Crippen LogP contribution in [0, 0.1) is 0 Å². The van der Waals surface area contributed by atoms with Gasteiger partial charge in [-0.25, -0.2) is 0 Å². The lowest BCUT2D eigenvalue weighted by atomic mass is 10.1. The van der Waals surface area contributed by atoms with Crippen LogP contribution in [0.1, 0.15) is 12.8 Å². The minimum absolute atomic E-state index is 0.703. The van der Waals surface area contributed by atoms with Gasteiger partial charge in [-0.15, -0.1) is 0 Å². The highest BCUT2D eigenvalue weighted by Crippen LogP contribution is 2.26. The predicted octanol–water partition coefficient (Wildman–Crippen LogP) is 2.27. The third-order valence-corrected chi connectivity index (χ3v) is 3.30. The van der Waals surface area contributed by atoms with Crippen LogP contribution in [0.4, 0.5) is 5.69 Å². The molecule has 1 aromatic carbocycles. The fourth-order valence-electron chi connectivity index (χ4n) is 2.20. The van der Waals surface area contributed by atoms with Gasteiger partial charge in [0.15, 0.2) is 0 Å². The largest absolute Gasteiger partial charge is 0.398 e. The van der Waals surface area contributed by atoms with Gasteiger partial charge >= 0.3 is 0 Å². The maximum absolute atomic E-state index is 6.01. The monoisotopic (exact) mass is 244 g/mol. The van der Waals surface area contributed by atoms with Crippen LogP contribution in [0.3, 0.4) is 0 Å². The molecule has 17 heavy (non-hydrogen) atoms. The van der Waals surface area contributed by atoms with E-state index in [-0.39, 0.29) is 0 Å². The van der Waals surface area contributed by atoms with Gasteiger partial charge in [-0.1, -0.05) is 23.8 Å². The van der Waals surface area contributed by atoms with Gasteiger partial charge in [-0.05, 0) is 42.3 Å². The minimum Gasteiger partial charge on any atom is -0.398 e. The first kappa shape index (κ1) is 10.5. The lowest BCUT2D eigenvalue weighted by Crippen LogP contribution is -2.23. The fraction of sp³-hybridized carbons (Fsp3) is 0.143. The zero-order valence-electron chi connectivity index (χ0n) is 9.33. The van der Waals surface area contributed by atoms with E-state index in [0.717, 1.165) is 29.8 Å². The number of nitrogen functional groups attached to an aromatic ring is 1. The van der Waals surface area contributed by atoms with Crippen LogP contribution in [-0.2, 0) is 0 Å². The fourth-order valence-corrected chi connectivity index (χ4v) is 2.37. The summed E-state index contributed by atoms with van der Waals surface area (Å²) in [5.74, 6) is 0. The molecule has 0 aliphatic heterocycles. The second-order valence-corrected chi connectivity index (χ2v) is 4.71. The van der Waals surface area contributed by atoms with Gasteiger partial charge < -0.3 is 10.7 Å². The van der Waals surface area contributed by atoms with Crippen LogP contribution in [-0.4, -0.2) is 4.98 Å². The van der Waals surface area contributed by atoms with Crippen molar-refractivity contribution in [3.63, 3.8) is 0 Å². The van der Waals surface area contributed by atoms with Gasteiger partial charge in [0.25, 0.3) is 0 Å². The molecule has 0 atom stereocenters. The van der Waals surface area contributed by atoms with Gasteiger partial charge in [0.1, 0.15) is 0 Å². The Morgan fingerprint density at radius 2 is 1.94 bits per heavy atom. The maximum atomic E-state index is 6.01. The van der Waals surface area contributed by atoms with Crippen LogP contribution in [0.2, 0.25) is 5.02 Å². The molecule has 86 valence electrons. The normalized spacial score (nSPS) is 13.7. The molecule has 0 saturated carbocycles. The van der Waals surface area contributed by atoms with E-state index in [1.165, 1.54) is 10.6 Å². The van der Waals surface area contributed by atoms with E-state index in [0.29, 0.717) is 5.02 Å². The molecule has 3 N–H and O–H groups in total. The van der Waals surface area contributed by atoms with Gasteiger partial charge in [-0.2, -0.15) is 0 Å². The quantitative estimate of drug-likeness (QED) is 0.743. The third kappa shape index (κ3) is 1.85. The number of anilines is 1. The summed E-state index contributed by atoms with van der Waals surface area (Å²) >= 11 is 6.01. The standard InChI is InChI=1S/C14H13ClN2/c15-10-5-6-12(16)11(8-10)14-7-9-3-1-2-4-13(9)17-14/h3-8,17H,1-2,16H2. The van der Waals surface area contributed by atoms with E-state index in [9.17, 15) is 0 Å². The SMILES string of the molecule is Nc1ccc(Cl)cc1-c1cc2c([nH]1)=CCCC=2. The number of halogens is 1. The molecule has 0 fully saturated rings. The number of aromatic nitrogens is 1. The molecule has 0 spiro atoms. The van der Waals surface area contributed by atoms with Crippen LogP contribution in [0.5, 0.6) is 0 Å². The van der Waals surface area contributed by atoms with Gasteiger partial charge in [0, 0.05) is 27.3 Å². The van der Waals surface area contributed by atoms with Crippen LogP contribution in [0.15, 0.2) is 24.3 Å². The Morgan fingerprint density at radius 3 is 2.76 bits per heavy atom. The summed E-state index contributed by atoms with van der Waals surface area (Å²) < 4.78 is 0. The molecule has 1 aliphatic rings. The molecular weight excluding hydrogens is 232 g/mol. The van der Waals surface area contributed by atoms with E-state index in [2.05, 4.69) is 23.2 Å². The zero-order valence-corrected chi connectivity index (χ0v) is 10.1. The summed E-state index contributed by atoms with van der Waals surface area (Å²) in [6.07, 6.45) is 6.67. The minimum atomic E-state index is 0.703. The number of fused-ring (bicyclic) bond motifs is 1. The predicted molar refractivity (Wildman–Crippen MR) is 73.1 cm³/mol. The van der Waals surface area contributed by atoms with Gasteiger partial charge in [0.05, 0.1) is 0 Å². The first-order chi connectivity index (χ1) is 8.24. The maximum Gasteiger partial charge on any atom is 0.0485 e. The van der Waals surface area contributed by atoms with E-state index in [4.69, 9.17) is 17.3 Å². The van der Waals surface area contributed by atoms with Gasteiger partial charge in [-0.3, -0.25) is 0 Å². The molecule has 3 heteroatoms. The first-order valence-electron chi connectivity index (χ1n) is 5.69.